The Kier molecular flexibility index (Phi) is 4.71. The first-order chi connectivity index (χ1) is 15.0. The molecule has 4 aromatic rings. The number of carbonyl (C=O) groups excluding carboxylic acids is 2. The Morgan fingerprint density at radius 3 is 2.81 bits per heavy atom. The van der Waals surface area contributed by atoms with Crippen LogP contribution in [0.3, 0.4) is 0 Å². The van der Waals surface area contributed by atoms with Crippen molar-refractivity contribution in [1.82, 2.24) is 9.88 Å². The zero-order valence-corrected chi connectivity index (χ0v) is 17.6. The van der Waals surface area contributed by atoms with Gasteiger partial charge in [-0.15, -0.1) is 0 Å². The smallest absolute Gasteiger partial charge is 0.290 e. The Balaban J connectivity index is 1.60. The van der Waals surface area contributed by atoms with Crippen molar-refractivity contribution in [2.45, 2.75) is 12.6 Å². The van der Waals surface area contributed by atoms with Crippen molar-refractivity contribution < 1.29 is 23.5 Å². The molecule has 0 bridgehead atoms. The van der Waals surface area contributed by atoms with Gasteiger partial charge in [0.2, 0.25) is 5.78 Å². The fraction of sp³-hybridized carbons (Fsp3) is 0.0870. The van der Waals surface area contributed by atoms with Gasteiger partial charge in [0.25, 0.3) is 5.91 Å². The minimum absolute atomic E-state index is 0.0381. The summed E-state index contributed by atoms with van der Waals surface area (Å²) in [5.74, 6) is -1.26. The number of ketones is 1. The third-order valence-electron chi connectivity index (χ3n) is 5.16. The summed E-state index contributed by atoms with van der Waals surface area (Å²) >= 11 is 3.40. The van der Waals surface area contributed by atoms with Crippen LogP contribution in [0.2, 0.25) is 0 Å². The summed E-state index contributed by atoms with van der Waals surface area (Å²) in [4.78, 5) is 31.9. The fourth-order valence-corrected chi connectivity index (χ4v) is 4.14. The number of rotatable bonds is 5. The molecule has 154 valence electrons. The van der Waals surface area contributed by atoms with Crippen LogP contribution in [0.4, 0.5) is 0 Å². The Bertz CT molecular complexity index is 1320. The zero-order chi connectivity index (χ0) is 21.5. The van der Waals surface area contributed by atoms with Gasteiger partial charge < -0.3 is 18.8 Å². The van der Waals surface area contributed by atoms with E-state index in [9.17, 15) is 14.7 Å². The van der Waals surface area contributed by atoms with Gasteiger partial charge in [-0.05, 0) is 48.0 Å². The molecule has 7 nitrogen and oxygen atoms in total. The number of aromatic nitrogens is 1. The van der Waals surface area contributed by atoms with Crippen LogP contribution in [0.1, 0.15) is 27.9 Å². The Labute approximate surface area is 184 Å². The van der Waals surface area contributed by atoms with E-state index in [4.69, 9.17) is 8.83 Å². The molecule has 5 rings (SSSR count). The molecular formula is C23H15BrN2O5. The first-order valence-corrected chi connectivity index (χ1v) is 10.2. The lowest BCUT2D eigenvalue weighted by Gasteiger charge is -2.25. The van der Waals surface area contributed by atoms with Crippen LogP contribution in [-0.2, 0) is 11.3 Å². The van der Waals surface area contributed by atoms with E-state index in [2.05, 4.69) is 20.9 Å². The molecule has 0 fully saturated rings. The number of carbonyl (C=O) groups is 2. The molecule has 1 atom stereocenters. The van der Waals surface area contributed by atoms with Gasteiger partial charge in [0.15, 0.2) is 11.5 Å². The maximum Gasteiger partial charge on any atom is 0.290 e. The number of aliphatic hydroxyl groups is 1. The topological polar surface area (TPSA) is 96.8 Å². The number of hydrogen-bond acceptors (Lipinski definition) is 6. The highest BCUT2D eigenvalue weighted by atomic mass is 79.9. The Morgan fingerprint density at radius 2 is 2.06 bits per heavy atom. The quantitative estimate of drug-likeness (QED) is 0.407. The number of nitrogens with zero attached hydrogens (tertiary/aromatic N) is 2. The number of halogens is 1. The van der Waals surface area contributed by atoms with Gasteiger partial charge in [-0.3, -0.25) is 14.6 Å². The third kappa shape index (κ3) is 3.34. The predicted octanol–water partition coefficient (Wildman–Crippen LogP) is 4.96. The van der Waals surface area contributed by atoms with E-state index in [1.165, 1.54) is 11.2 Å². The molecule has 1 N–H and O–H groups in total. The van der Waals surface area contributed by atoms with Crippen LogP contribution in [-0.4, -0.2) is 26.7 Å². The Hall–Kier alpha value is -3.65. The molecule has 1 aromatic carbocycles. The first kappa shape index (κ1) is 19.3. The highest BCUT2D eigenvalue weighted by Gasteiger charge is 2.45. The summed E-state index contributed by atoms with van der Waals surface area (Å²) in [5.41, 5.74) is 1.07. The normalized spacial score (nSPS) is 16.5. The van der Waals surface area contributed by atoms with E-state index >= 15 is 0 Å². The molecule has 1 aliphatic rings. The zero-order valence-electron chi connectivity index (χ0n) is 16.0. The monoisotopic (exact) mass is 478 g/mol. The highest BCUT2D eigenvalue weighted by molar-refractivity contribution is 9.10. The summed E-state index contributed by atoms with van der Waals surface area (Å²) in [5, 5.41) is 11.4. The van der Waals surface area contributed by atoms with Gasteiger partial charge in [-0.25, -0.2) is 0 Å². The van der Waals surface area contributed by atoms with Crippen molar-refractivity contribution in [3.05, 3.63) is 100 Å². The van der Waals surface area contributed by atoms with Gasteiger partial charge in [-0.1, -0.05) is 22.0 Å². The van der Waals surface area contributed by atoms with Crippen LogP contribution in [0.5, 0.6) is 0 Å². The van der Waals surface area contributed by atoms with Crippen molar-refractivity contribution in [3.8, 4) is 0 Å². The highest BCUT2D eigenvalue weighted by Crippen LogP contribution is 2.40. The average Bonchev–Trinajstić information content (AvgIpc) is 3.49. The lowest BCUT2D eigenvalue weighted by atomic mass is 9.96. The van der Waals surface area contributed by atoms with Gasteiger partial charge in [0.1, 0.15) is 11.3 Å². The van der Waals surface area contributed by atoms with Crippen LogP contribution in [0.15, 0.2) is 91.8 Å². The minimum atomic E-state index is -0.834. The fourth-order valence-electron chi connectivity index (χ4n) is 3.76. The molecule has 0 spiro atoms. The molecule has 1 aliphatic heterocycles. The number of Topliss-reactive ketones (excluding diaryl/α,β-unsaturated/α-hetero) is 1. The minimum Gasteiger partial charge on any atom is -0.503 e. The lowest BCUT2D eigenvalue weighted by molar-refractivity contribution is -0.130. The summed E-state index contributed by atoms with van der Waals surface area (Å²) in [6, 6.07) is 13.0. The van der Waals surface area contributed by atoms with E-state index in [1.54, 1.807) is 54.9 Å². The largest absolute Gasteiger partial charge is 0.503 e. The van der Waals surface area contributed by atoms with Crippen molar-refractivity contribution >= 4 is 38.6 Å². The SMILES string of the molecule is O=C(C1=C(O)C(=O)N(Cc2ccco2)C1c1cccnc1)c1cc2cc(Br)ccc2o1. The van der Waals surface area contributed by atoms with Crippen LogP contribution in [0, 0.1) is 0 Å². The molecule has 1 amide bonds. The molecule has 0 aliphatic carbocycles. The summed E-state index contributed by atoms with van der Waals surface area (Å²) < 4.78 is 11.9. The van der Waals surface area contributed by atoms with Crippen molar-refractivity contribution in [3.63, 3.8) is 0 Å². The van der Waals surface area contributed by atoms with E-state index in [0.717, 1.165) is 9.86 Å². The van der Waals surface area contributed by atoms with Crippen LogP contribution >= 0.6 is 15.9 Å². The molecule has 0 saturated heterocycles. The van der Waals surface area contributed by atoms with Crippen LogP contribution < -0.4 is 0 Å². The summed E-state index contributed by atoms with van der Waals surface area (Å²) in [7, 11) is 0. The Morgan fingerprint density at radius 1 is 1.19 bits per heavy atom. The first-order valence-electron chi connectivity index (χ1n) is 9.43. The molecule has 0 saturated carbocycles. The molecule has 8 heteroatoms. The number of benzene rings is 1. The molecule has 3 aromatic heterocycles. The van der Waals surface area contributed by atoms with Crippen LogP contribution in [0.25, 0.3) is 11.0 Å². The van der Waals surface area contributed by atoms with Crippen molar-refractivity contribution in [2.75, 3.05) is 0 Å². The predicted molar refractivity (Wildman–Crippen MR) is 114 cm³/mol. The van der Waals surface area contributed by atoms with Gasteiger partial charge in [-0.2, -0.15) is 0 Å². The summed E-state index contributed by atoms with van der Waals surface area (Å²) in [6.45, 7) is 0.0827. The van der Waals surface area contributed by atoms with E-state index in [-0.39, 0.29) is 17.9 Å². The molecule has 4 heterocycles. The maximum atomic E-state index is 13.4. The standard InChI is InChI=1S/C23H15BrN2O5/c24-15-5-6-17-14(9-15)10-18(31-17)21(27)19-20(13-3-1-7-25-11-13)26(23(29)22(19)28)12-16-4-2-8-30-16/h1-11,20,28H,12H2. The van der Waals surface area contributed by atoms with E-state index < -0.39 is 23.5 Å². The second kappa shape index (κ2) is 7.55. The maximum absolute atomic E-state index is 13.4. The van der Waals surface area contributed by atoms with Gasteiger partial charge in [0.05, 0.1) is 24.4 Å². The molecule has 31 heavy (non-hydrogen) atoms. The van der Waals surface area contributed by atoms with Gasteiger partial charge in [0, 0.05) is 22.3 Å². The molecular weight excluding hydrogens is 464 g/mol. The van der Waals surface area contributed by atoms with Gasteiger partial charge >= 0.3 is 0 Å². The second-order valence-electron chi connectivity index (χ2n) is 7.09. The summed E-state index contributed by atoms with van der Waals surface area (Å²) in [6.07, 6.45) is 4.66. The number of aliphatic hydroxyl groups excluding tert-OH is 1. The third-order valence-corrected chi connectivity index (χ3v) is 5.65. The number of pyridine rings is 1. The average molecular weight is 479 g/mol. The molecule has 0 radical (unpaired) electrons. The van der Waals surface area contributed by atoms with Crippen molar-refractivity contribution in [2.24, 2.45) is 0 Å². The number of amides is 1. The van der Waals surface area contributed by atoms with E-state index in [1.807, 2.05) is 6.07 Å². The lowest BCUT2D eigenvalue weighted by Crippen LogP contribution is -2.30. The number of furan rings is 2. The number of fused-ring (bicyclic) bond motifs is 1. The second-order valence-corrected chi connectivity index (χ2v) is 8.00. The van der Waals surface area contributed by atoms with Crippen molar-refractivity contribution in [1.29, 1.82) is 0 Å². The molecule has 1 unspecified atom stereocenters. The van der Waals surface area contributed by atoms with E-state index in [0.29, 0.717) is 16.9 Å². The number of hydrogen-bond donors (Lipinski definition) is 1.